The van der Waals surface area contributed by atoms with Gasteiger partial charge in [0.05, 0.1) is 6.42 Å². The van der Waals surface area contributed by atoms with E-state index in [1.165, 1.54) is 6.07 Å². The summed E-state index contributed by atoms with van der Waals surface area (Å²) in [6.07, 6.45) is 1.53. The highest BCUT2D eigenvalue weighted by Crippen LogP contribution is 2.11. The van der Waals surface area contributed by atoms with Crippen molar-refractivity contribution in [1.29, 1.82) is 0 Å². The Balaban J connectivity index is 1.87. The molecule has 0 aliphatic carbocycles. The smallest absolute Gasteiger partial charge is 0.239 e. The van der Waals surface area contributed by atoms with Crippen molar-refractivity contribution in [3.8, 4) is 0 Å². The molecule has 132 valence electrons. The predicted octanol–water partition coefficient (Wildman–Crippen LogP) is 2.50. The molecule has 4 nitrogen and oxygen atoms in total. The fourth-order valence-electron chi connectivity index (χ4n) is 2.52. The summed E-state index contributed by atoms with van der Waals surface area (Å²) in [5, 5.41) is 2.52. The van der Waals surface area contributed by atoms with Crippen LogP contribution in [0.2, 0.25) is 0 Å². The third kappa shape index (κ3) is 5.99. The third-order valence-corrected chi connectivity index (χ3v) is 3.85. The molecule has 0 aromatic heterocycles. The molecule has 0 heterocycles. The number of hydrogen-bond acceptors (Lipinski definition) is 2. The Morgan fingerprint density at radius 2 is 1.80 bits per heavy atom. The zero-order valence-corrected chi connectivity index (χ0v) is 13.7. The van der Waals surface area contributed by atoms with Crippen LogP contribution in [0.4, 0.5) is 8.78 Å². The molecule has 0 unspecified atom stereocenters. The predicted molar refractivity (Wildman–Crippen MR) is 90.6 cm³/mol. The van der Waals surface area contributed by atoms with Crippen LogP contribution in [0.1, 0.15) is 24.0 Å². The van der Waals surface area contributed by atoms with Crippen LogP contribution in [0.25, 0.3) is 0 Å². The van der Waals surface area contributed by atoms with Gasteiger partial charge in [-0.05, 0) is 36.5 Å². The number of primary amides is 1. The van der Waals surface area contributed by atoms with Crippen molar-refractivity contribution in [3.05, 3.63) is 71.3 Å². The molecule has 25 heavy (non-hydrogen) atoms. The van der Waals surface area contributed by atoms with Gasteiger partial charge in [0, 0.05) is 6.07 Å². The Morgan fingerprint density at radius 3 is 2.44 bits per heavy atom. The molecule has 2 amide bonds. The van der Waals surface area contributed by atoms with Crippen LogP contribution in [-0.4, -0.2) is 17.9 Å². The number of rotatable bonds is 8. The van der Waals surface area contributed by atoms with E-state index in [0.717, 1.165) is 18.1 Å². The van der Waals surface area contributed by atoms with Crippen molar-refractivity contribution in [3.63, 3.8) is 0 Å². The van der Waals surface area contributed by atoms with Gasteiger partial charge in [0.15, 0.2) is 0 Å². The molecule has 3 N–H and O–H groups in total. The highest BCUT2D eigenvalue weighted by Gasteiger charge is 2.18. The molecule has 0 bridgehead atoms. The molecule has 6 heteroatoms. The van der Waals surface area contributed by atoms with Gasteiger partial charge >= 0.3 is 0 Å². The number of nitrogens with one attached hydrogen (secondary N) is 1. The minimum absolute atomic E-state index is 0.0615. The zero-order valence-electron chi connectivity index (χ0n) is 13.7. The highest BCUT2D eigenvalue weighted by atomic mass is 19.1. The Labute approximate surface area is 145 Å². The molecule has 2 aromatic rings. The van der Waals surface area contributed by atoms with E-state index in [2.05, 4.69) is 5.32 Å². The molecule has 0 radical (unpaired) electrons. The minimum Gasteiger partial charge on any atom is -0.368 e. The van der Waals surface area contributed by atoms with E-state index in [1.54, 1.807) is 0 Å². The summed E-state index contributed by atoms with van der Waals surface area (Å²) in [5.74, 6) is -2.68. The molecule has 0 aliphatic rings. The van der Waals surface area contributed by atoms with E-state index in [-0.39, 0.29) is 12.0 Å². The lowest BCUT2D eigenvalue weighted by molar-refractivity contribution is -0.127. The molecule has 0 saturated carbocycles. The average molecular weight is 346 g/mol. The van der Waals surface area contributed by atoms with Crippen LogP contribution < -0.4 is 11.1 Å². The Morgan fingerprint density at radius 1 is 1.08 bits per heavy atom. The molecule has 0 aliphatic heterocycles. The second kappa shape index (κ2) is 8.92. The van der Waals surface area contributed by atoms with Crippen LogP contribution in [0, 0.1) is 11.6 Å². The quantitative estimate of drug-likeness (QED) is 0.771. The first kappa shape index (κ1) is 18.6. The maximum absolute atomic E-state index is 13.6. The van der Waals surface area contributed by atoms with Gasteiger partial charge in [-0.15, -0.1) is 0 Å². The summed E-state index contributed by atoms with van der Waals surface area (Å²) in [6.45, 7) is 0. The van der Waals surface area contributed by atoms with E-state index in [1.807, 2.05) is 30.3 Å². The van der Waals surface area contributed by atoms with E-state index < -0.39 is 29.5 Å². The maximum atomic E-state index is 13.6. The van der Waals surface area contributed by atoms with Gasteiger partial charge in [0.1, 0.15) is 17.7 Å². The lowest BCUT2D eigenvalue weighted by Gasteiger charge is -2.15. The van der Waals surface area contributed by atoms with Crippen molar-refractivity contribution < 1.29 is 18.4 Å². The van der Waals surface area contributed by atoms with Crippen LogP contribution in [-0.2, 0) is 22.4 Å². The van der Waals surface area contributed by atoms with E-state index in [4.69, 9.17) is 5.73 Å². The van der Waals surface area contributed by atoms with Gasteiger partial charge in [0.2, 0.25) is 11.8 Å². The van der Waals surface area contributed by atoms with E-state index in [0.29, 0.717) is 18.9 Å². The van der Waals surface area contributed by atoms with Crippen molar-refractivity contribution in [1.82, 2.24) is 5.32 Å². The molecule has 1 atom stereocenters. The van der Waals surface area contributed by atoms with E-state index >= 15 is 0 Å². The summed E-state index contributed by atoms with van der Waals surface area (Å²) >= 11 is 0. The number of carbonyl (C=O) groups is 2. The first-order valence-electron chi connectivity index (χ1n) is 8.02. The third-order valence-electron chi connectivity index (χ3n) is 3.85. The van der Waals surface area contributed by atoms with Crippen LogP contribution in [0.5, 0.6) is 0 Å². The number of aryl methyl sites for hydroxylation is 1. The number of benzene rings is 2. The number of hydrogen-bond donors (Lipinski definition) is 2. The standard InChI is InChI=1S/C19H20F2N2O2/c20-15-10-9-14(16(21)12-15)11-18(24)23-17(19(22)25)8-4-7-13-5-2-1-3-6-13/h1-3,5-6,9-10,12,17H,4,7-8,11H2,(H2,22,25)(H,23,24)/t17-/m1/s1. The molecular weight excluding hydrogens is 326 g/mol. The molecule has 2 rings (SSSR count). The maximum Gasteiger partial charge on any atom is 0.239 e. The first-order valence-corrected chi connectivity index (χ1v) is 8.02. The fourth-order valence-corrected chi connectivity index (χ4v) is 2.52. The Hall–Kier alpha value is -2.76. The van der Waals surface area contributed by atoms with Crippen molar-refractivity contribution in [2.24, 2.45) is 5.73 Å². The minimum atomic E-state index is -0.820. The average Bonchev–Trinajstić information content (AvgIpc) is 2.57. The second-order valence-corrected chi connectivity index (χ2v) is 5.81. The number of carbonyl (C=O) groups excluding carboxylic acids is 2. The normalized spacial score (nSPS) is 11.8. The zero-order chi connectivity index (χ0) is 18.2. The van der Waals surface area contributed by atoms with Crippen molar-refractivity contribution in [2.45, 2.75) is 31.7 Å². The monoisotopic (exact) mass is 346 g/mol. The lowest BCUT2D eigenvalue weighted by atomic mass is 10.0. The Bertz CT molecular complexity index is 735. The van der Waals surface area contributed by atoms with Gasteiger partial charge in [-0.3, -0.25) is 9.59 Å². The summed E-state index contributed by atoms with van der Waals surface area (Å²) in [4.78, 5) is 23.5. The van der Waals surface area contributed by atoms with Gasteiger partial charge in [-0.1, -0.05) is 36.4 Å². The van der Waals surface area contributed by atoms with Crippen molar-refractivity contribution >= 4 is 11.8 Å². The van der Waals surface area contributed by atoms with E-state index in [9.17, 15) is 18.4 Å². The summed E-state index contributed by atoms with van der Waals surface area (Å²) in [5.41, 5.74) is 6.52. The SMILES string of the molecule is NC(=O)[C@@H](CCCc1ccccc1)NC(=O)Cc1ccc(F)cc1F. The van der Waals surface area contributed by atoms with Crippen LogP contribution in [0.15, 0.2) is 48.5 Å². The molecule has 0 fully saturated rings. The van der Waals surface area contributed by atoms with Gasteiger partial charge in [-0.2, -0.15) is 0 Å². The summed E-state index contributed by atoms with van der Waals surface area (Å²) < 4.78 is 26.5. The van der Waals surface area contributed by atoms with Gasteiger partial charge in [0.25, 0.3) is 0 Å². The number of halogens is 2. The largest absolute Gasteiger partial charge is 0.368 e. The molecule has 0 spiro atoms. The molecule has 0 saturated heterocycles. The fraction of sp³-hybridized carbons (Fsp3) is 0.263. The van der Waals surface area contributed by atoms with Crippen molar-refractivity contribution in [2.75, 3.05) is 0 Å². The first-order chi connectivity index (χ1) is 12.0. The molecular formula is C19H20F2N2O2. The number of nitrogens with two attached hydrogens (primary N) is 1. The number of amides is 2. The van der Waals surface area contributed by atoms with Gasteiger partial charge < -0.3 is 11.1 Å². The van der Waals surface area contributed by atoms with Crippen LogP contribution >= 0.6 is 0 Å². The lowest BCUT2D eigenvalue weighted by Crippen LogP contribution is -2.45. The van der Waals surface area contributed by atoms with Gasteiger partial charge in [-0.25, -0.2) is 8.78 Å². The highest BCUT2D eigenvalue weighted by molar-refractivity contribution is 5.87. The molecule has 2 aromatic carbocycles. The van der Waals surface area contributed by atoms with Crippen LogP contribution in [0.3, 0.4) is 0 Å². The second-order valence-electron chi connectivity index (χ2n) is 5.81. The summed E-state index contributed by atoms with van der Waals surface area (Å²) in [7, 11) is 0. The topological polar surface area (TPSA) is 72.2 Å². The Kier molecular flexibility index (Phi) is 6.62. The summed E-state index contributed by atoms with van der Waals surface area (Å²) in [6, 6.07) is 11.9.